The van der Waals surface area contributed by atoms with Gasteiger partial charge in [0.2, 0.25) is 0 Å². The topological polar surface area (TPSA) is 124 Å². The minimum Gasteiger partial charge on any atom is -0.505 e. The number of phenolic OH excluding ortho intramolecular Hbond substituents is 1. The van der Waals surface area contributed by atoms with Crippen LogP contribution in [0.2, 0.25) is 0 Å². The molecular weight excluding hydrogens is 420 g/mol. The fourth-order valence-corrected chi connectivity index (χ4v) is 4.19. The van der Waals surface area contributed by atoms with Gasteiger partial charge in [0.15, 0.2) is 5.71 Å². The summed E-state index contributed by atoms with van der Waals surface area (Å²) in [5, 5.41) is 20.8. The van der Waals surface area contributed by atoms with Crippen molar-refractivity contribution < 1.29 is 14.7 Å². The second kappa shape index (κ2) is 8.93. The van der Waals surface area contributed by atoms with Gasteiger partial charge in [-0.25, -0.2) is 4.79 Å². The van der Waals surface area contributed by atoms with E-state index in [4.69, 9.17) is 5.73 Å². The van der Waals surface area contributed by atoms with Crippen molar-refractivity contribution in [1.29, 1.82) is 0 Å². The molecular formula is C24H28N6O3. The monoisotopic (exact) mass is 448 g/mol. The number of likely N-dealkylation sites (tertiary alicyclic amines) is 1. The Morgan fingerprint density at radius 3 is 2.73 bits per heavy atom. The number of piperidine rings is 1. The third kappa shape index (κ3) is 4.39. The minimum absolute atomic E-state index is 0.0302. The Morgan fingerprint density at radius 2 is 2.00 bits per heavy atom. The van der Waals surface area contributed by atoms with Crippen LogP contribution in [0.4, 0.5) is 16.2 Å². The molecule has 1 unspecified atom stereocenters. The number of nitrogens with zero attached hydrogens (tertiary/aromatic N) is 4. The molecule has 2 aliphatic rings. The van der Waals surface area contributed by atoms with Crippen LogP contribution in [0.3, 0.4) is 0 Å². The Hall–Kier alpha value is -3.88. The molecule has 2 aliphatic heterocycles. The van der Waals surface area contributed by atoms with Gasteiger partial charge in [0.25, 0.3) is 0 Å². The van der Waals surface area contributed by atoms with Crippen molar-refractivity contribution >= 4 is 34.7 Å². The molecule has 4 rings (SSSR count). The highest BCUT2D eigenvalue weighted by molar-refractivity contribution is 6.71. The number of hydrogen-bond acceptors (Lipinski definition) is 6. The molecule has 0 aliphatic carbocycles. The van der Waals surface area contributed by atoms with Gasteiger partial charge in [-0.1, -0.05) is 18.2 Å². The first-order valence-electron chi connectivity index (χ1n) is 10.9. The van der Waals surface area contributed by atoms with Crippen LogP contribution in [0, 0.1) is 13.8 Å². The van der Waals surface area contributed by atoms with E-state index in [1.807, 2.05) is 38.1 Å². The summed E-state index contributed by atoms with van der Waals surface area (Å²) in [6, 6.07) is 10.6. The molecule has 4 N–H and O–H groups in total. The maximum Gasteiger partial charge on any atom is 0.314 e. The fourth-order valence-electron chi connectivity index (χ4n) is 4.19. The predicted octanol–water partition coefficient (Wildman–Crippen LogP) is 3.46. The Labute approximate surface area is 192 Å². The van der Waals surface area contributed by atoms with Crippen LogP contribution in [0.25, 0.3) is 0 Å². The number of nitrogens with two attached hydrogens (primary N) is 1. The molecule has 1 atom stereocenters. The number of para-hydroxylation sites is 1. The Kier molecular flexibility index (Phi) is 6.04. The average Bonchev–Trinajstić information content (AvgIpc) is 3.08. The van der Waals surface area contributed by atoms with Gasteiger partial charge >= 0.3 is 11.9 Å². The zero-order chi connectivity index (χ0) is 23.7. The second-order valence-electron chi connectivity index (χ2n) is 8.51. The lowest BCUT2D eigenvalue weighted by Gasteiger charge is -2.32. The van der Waals surface area contributed by atoms with E-state index in [2.05, 4.69) is 15.6 Å². The highest BCUT2D eigenvalue weighted by Gasteiger charge is 2.31. The van der Waals surface area contributed by atoms with Gasteiger partial charge in [-0.2, -0.15) is 15.2 Å². The summed E-state index contributed by atoms with van der Waals surface area (Å²) in [4.78, 5) is 26.1. The molecule has 2 heterocycles. The number of phenols is 1. The van der Waals surface area contributed by atoms with Gasteiger partial charge in [-0.15, -0.1) is 0 Å². The van der Waals surface area contributed by atoms with E-state index in [-0.39, 0.29) is 23.3 Å². The molecule has 172 valence electrons. The van der Waals surface area contributed by atoms with Gasteiger partial charge in [-0.3, -0.25) is 10.2 Å². The first kappa shape index (κ1) is 22.3. The van der Waals surface area contributed by atoms with E-state index in [0.717, 1.165) is 24.0 Å². The lowest BCUT2D eigenvalue weighted by molar-refractivity contribution is -0.112. The Morgan fingerprint density at radius 1 is 1.21 bits per heavy atom. The van der Waals surface area contributed by atoms with E-state index >= 15 is 0 Å². The first-order chi connectivity index (χ1) is 15.8. The normalized spacial score (nSPS) is 19.7. The number of rotatable bonds is 4. The Balaban J connectivity index is 1.54. The smallest absolute Gasteiger partial charge is 0.314 e. The van der Waals surface area contributed by atoms with E-state index in [0.29, 0.717) is 35.7 Å². The number of hydrazone groups is 2. The molecule has 0 spiro atoms. The van der Waals surface area contributed by atoms with Crippen LogP contribution in [0.15, 0.2) is 46.6 Å². The summed E-state index contributed by atoms with van der Waals surface area (Å²) in [5.41, 5.74) is 12.9. The molecule has 9 nitrogen and oxygen atoms in total. The Bertz CT molecular complexity index is 1170. The SMILES string of the molecule is CC1=NN(c2ccc(C)c(C)c2)C(=O)/C1=N\Nc1cccc(C2CCCN(C(N)=O)C2)c1O. The molecule has 1 fully saturated rings. The minimum atomic E-state index is -0.456. The zero-order valence-electron chi connectivity index (χ0n) is 19.0. The summed E-state index contributed by atoms with van der Waals surface area (Å²) < 4.78 is 0. The summed E-state index contributed by atoms with van der Waals surface area (Å²) in [6.07, 6.45) is 1.65. The largest absolute Gasteiger partial charge is 0.505 e. The van der Waals surface area contributed by atoms with Crippen molar-refractivity contribution in [2.75, 3.05) is 23.5 Å². The van der Waals surface area contributed by atoms with Gasteiger partial charge in [-0.05, 0) is 62.9 Å². The van der Waals surface area contributed by atoms with Crippen molar-refractivity contribution in [3.63, 3.8) is 0 Å². The molecule has 9 heteroatoms. The molecule has 0 aromatic heterocycles. The van der Waals surface area contributed by atoms with Crippen LogP contribution in [-0.4, -0.2) is 46.5 Å². The van der Waals surface area contributed by atoms with Crippen LogP contribution >= 0.6 is 0 Å². The summed E-state index contributed by atoms with van der Waals surface area (Å²) in [5.74, 6) is -0.329. The third-order valence-corrected chi connectivity index (χ3v) is 6.25. The van der Waals surface area contributed by atoms with Gasteiger partial charge < -0.3 is 15.7 Å². The van der Waals surface area contributed by atoms with Crippen molar-refractivity contribution in [1.82, 2.24) is 4.90 Å². The highest BCUT2D eigenvalue weighted by atomic mass is 16.3. The number of aromatic hydroxyl groups is 1. The predicted molar refractivity (Wildman–Crippen MR) is 129 cm³/mol. The molecule has 2 aromatic rings. The van der Waals surface area contributed by atoms with Crippen molar-refractivity contribution in [3.05, 3.63) is 53.1 Å². The molecule has 1 saturated heterocycles. The number of carbonyl (C=O) groups is 2. The summed E-state index contributed by atoms with van der Waals surface area (Å²) in [6.45, 7) is 6.79. The number of aryl methyl sites for hydroxylation is 2. The molecule has 3 amide bonds. The first-order valence-corrected chi connectivity index (χ1v) is 10.9. The standard InChI is InChI=1S/C24H28N6O3/c1-14-9-10-18(12-15(14)2)30-23(32)21(16(3)28-30)27-26-20-8-4-7-19(22(20)31)17-6-5-11-29(13-17)24(25)33/h4,7-10,12,17,26,31H,5-6,11,13H2,1-3H3,(H2,25,33)/b27-21-. The van der Waals surface area contributed by atoms with Crippen molar-refractivity contribution in [2.45, 2.75) is 39.5 Å². The average molecular weight is 449 g/mol. The van der Waals surface area contributed by atoms with Crippen molar-refractivity contribution in [2.24, 2.45) is 15.9 Å². The number of anilines is 2. The van der Waals surface area contributed by atoms with E-state index in [1.54, 1.807) is 24.0 Å². The number of hydrogen-bond donors (Lipinski definition) is 3. The molecule has 0 radical (unpaired) electrons. The molecule has 0 saturated carbocycles. The zero-order valence-corrected chi connectivity index (χ0v) is 19.0. The van der Waals surface area contributed by atoms with Gasteiger partial charge in [0.1, 0.15) is 5.75 Å². The van der Waals surface area contributed by atoms with E-state index in [9.17, 15) is 14.7 Å². The van der Waals surface area contributed by atoms with E-state index < -0.39 is 6.03 Å². The summed E-state index contributed by atoms with van der Waals surface area (Å²) >= 11 is 0. The third-order valence-electron chi connectivity index (χ3n) is 6.25. The maximum atomic E-state index is 13.0. The van der Waals surface area contributed by atoms with Crippen LogP contribution in [0.5, 0.6) is 5.75 Å². The van der Waals surface area contributed by atoms with Gasteiger partial charge in [0.05, 0.1) is 17.1 Å². The number of nitrogens with one attached hydrogen (secondary N) is 1. The number of primary amides is 1. The van der Waals surface area contributed by atoms with Crippen molar-refractivity contribution in [3.8, 4) is 5.75 Å². The summed E-state index contributed by atoms with van der Waals surface area (Å²) in [7, 11) is 0. The van der Waals surface area contributed by atoms with E-state index in [1.165, 1.54) is 5.01 Å². The number of carbonyl (C=O) groups excluding carboxylic acids is 2. The highest BCUT2D eigenvalue weighted by Crippen LogP contribution is 2.37. The number of urea groups is 1. The lowest BCUT2D eigenvalue weighted by atomic mass is 9.89. The number of benzene rings is 2. The molecule has 33 heavy (non-hydrogen) atoms. The van der Waals surface area contributed by atoms with Gasteiger partial charge in [0, 0.05) is 24.6 Å². The fraction of sp³-hybridized carbons (Fsp3) is 0.333. The quantitative estimate of drug-likeness (QED) is 0.489. The maximum absolute atomic E-state index is 13.0. The molecule has 2 aromatic carbocycles. The number of amides is 3. The van der Waals surface area contributed by atoms with Crippen LogP contribution in [0.1, 0.15) is 42.4 Å². The van der Waals surface area contributed by atoms with Crippen LogP contribution in [-0.2, 0) is 4.79 Å². The molecule has 0 bridgehead atoms. The van der Waals surface area contributed by atoms with Crippen LogP contribution < -0.4 is 16.2 Å². The second-order valence-corrected chi connectivity index (χ2v) is 8.51. The lowest BCUT2D eigenvalue weighted by Crippen LogP contribution is -2.42.